The zero-order valence-corrected chi connectivity index (χ0v) is 12.5. The van der Waals surface area contributed by atoms with Gasteiger partial charge >= 0.3 is 0 Å². The van der Waals surface area contributed by atoms with E-state index in [-0.39, 0.29) is 0 Å². The van der Waals surface area contributed by atoms with Gasteiger partial charge in [0.05, 0.1) is 6.04 Å². The van der Waals surface area contributed by atoms with E-state index in [4.69, 9.17) is 4.99 Å². The van der Waals surface area contributed by atoms with Crippen molar-refractivity contribution in [1.29, 1.82) is 0 Å². The van der Waals surface area contributed by atoms with Crippen LogP contribution in [0.1, 0.15) is 34.1 Å². The van der Waals surface area contributed by atoms with Crippen molar-refractivity contribution in [2.75, 3.05) is 17.3 Å². The van der Waals surface area contributed by atoms with Gasteiger partial charge in [0.15, 0.2) is 5.17 Å². The topological polar surface area (TPSA) is 24.4 Å². The predicted octanol–water partition coefficient (Wildman–Crippen LogP) is 3.24. The molecule has 0 amide bonds. The maximum absolute atomic E-state index is 4.79. The molecule has 0 aromatic rings. The van der Waals surface area contributed by atoms with Gasteiger partial charge in [-0.15, -0.1) is 0 Å². The zero-order chi connectivity index (χ0) is 12.0. The average Bonchev–Trinajstić information content (AvgIpc) is 2.26. The number of rotatable bonds is 5. The zero-order valence-electron chi connectivity index (χ0n) is 10.8. The van der Waals surface area contributed by atoms with E-state index in [0.29, 0.717) is 18.0 Å². The number of thioether (sulfide) groups is 2. The Hall–Kier alpha value is 0.170. The highest BCUT2D eigenvalue weighted by Crippen LogP contribution is 2.21. The van der Waals surface area contributed by atoms with Gasteiger partial charge in [0, 0.05) is 17.5 Å². The van der Waals surface area contributed by atoms with Crippen LogP contribution in [-0.2, 0) is 0 Å². The van der Waals surface area contributed by atoms with Crippen LogP contribution in [0.5, 0.6) is 0 Å². The van der Waals surface area contributed by atoms with Gasteiger partial charge in [0.2, 0.25) is 0 Å². The molecule has 0 fully saturated rings. The highest BCUT2D eigenvalue weighted by molar-refractivity contribution is 8.13. The van der Waals surface area contributed by atoms with Crippen LogP contribution in [0.25, 0.3) is 0 Å². The Morgan fingerprint density at radius 3 is 2.88 bits per heavy atom. The van der Waals surface area contributed by atoms with Gasteiger partial charge < -0.3 is 5.32 Å². The fourth-order valence-corrected chi connectivity index (χ4v) is 3.36. The highest BCUT2D eigenvalue weighted by atomic mass is 32.2. The van der Waals surface area contributed by atoms with E-state index in [1.807, 2.05) is 23.5 Å². The van der Waals surface area contributed by atoms with Crippen LogP contribution in [0.15, 0.2) is 4.99 Å². The summed E-state index contributed by atoms with van der Waals surface area (Å²) in [5.74, 6) is 4.24. The Bertz CT molecular complexity index is 229. The number of aliphatic imine (C=N–C) groups is 1. The predicted molar refractivity (Wildman–Crippen MR) is 78.7 cm³/mol. The molecule has 2 nitrogen and oxygen atoms in total. The van der Waals surface area contributed by atoms with Gasteiger partial charge in [0.1, 0.15) is 0 Å². The van der Waals surface area contributed by atoms with Crippen molar-refractivity contribution in [1.82, 2.24) is 5.32 Å². The molecule has 0 aliphatic carbocycles. The molecule has 1 heterocycles. The number of hydrogen-bond donors (Lipinski definition) is 1. The summed E-state index contributed by atoms with van der Waals surface area (Å²) in [6, 6.07) is 1.05. The molecule has 0 aromatic carbocycles. The van der Waals surface area contributed by atoms with Crippen LogP contribution in [0.3, 0.4) is 0 Å². The third kappa shape index (κ3) is 5.00. The lowest BCUT2D eigenvalue weighted by atomic mass is 10.0. The van der Waals surface area contributed by atoms with Crippen LogP contribution in [-0.4, -0.2) is 34.5 Å². The summed E-state index contributed by atoms with van der Waals surface area (Å²) in [5.41, 5.74) is 0. The fraction of sp³-hybridized carbons (Fsp3) is 0.917. The molecule has 2 atom stereocenters. The molecule has 0 radical (unpaired) electrons. The van der Waals surface area contributed by atoms with Crippen molar-refractivity contribution >= 4 is 28.7 Å². The molecule has 1 N–H and O–H groups in total. The molecule has 0 saturated carbocycles. The number of nitrogens with zero attached hydrogens (tertiary/aromatic N) is 1. The monoisotopic (exact) mass is 260 g/mol. The van der Waals surface area contributed by atoms with Gasteiger partial charge in [-0.3, -0.25) is 4.99 Å². The first-order valence-electron chi connectivity index (χ1n) is 6.18. The first-order chi connectivity index (χ1) is 7.63. The van der Waals surface area contributed by atoms with E-state index >= 15 is 0 Å². The Labute approximate surface area is 108 Å². The molecule has 0 saturated heterocycles. The maximum atomic E-state index is 4.79. The minimum absolute atomic E-state index is 0.523. The maximum Gasteiger partial charge on any atom is 0.157 e. The van der Waals surface area contributed by atoms with Crippen molar-refractivity contribution in [3.63, 3.8) is 0 Å². The van der Waals surface area contributed by atoms with E-state index in [9.17, 15) is 0 Å². The molecule has 0 spiro atoms. The highest BCUT2D eigenvalue weighted by Gasteiger charge is 2.19. The summed E-state index contributed by atoms with van der Waals surface area (Å²) in [7, 11) is 0. The van der Waals surface area contributed by atoms with Gasteiger partial charge in [-0.1, -0.05) is 32.5 Å². The number of nitrogens with one attached hydrogen (secondary N) is 1. The van der Waals surface area contributed by atoms with Crippen molar-refractivity contribution in [3.05, 3.63) is 0 Å². The molecule has 1 aliphatic heterocycles. The van der Waals surface area contributed by atoms with Gasteiger partial charge in [-0.05, 0) is 25.0 Å². The molecule has 4 heteroatoms. The molecule has 0 bridgehead atoms. The van der Waals surface area contributed by atoms with Crippen LogP contribution in [0, 0.1) is 5.92 Å². The molecular formula is C12H24N2S2. The number of hydrogen-bond acceptors (Lipinski definition) is 4. The Morgan fingerprint density at radius 1 is 1.50 bits per heavy atom. The molecule has 1 rings (SSSR count). The molecule has 94 valence electrons. The number of amidine groups is 1. The molecule has 0 aromatic heterocycles. The third-order valence-electron chi connectivity index (χ3n) is 2.65. The van der Waals surface area contributed by atoms with Crippen LogP contribution in [0.2, 0.25) is 0 Å². The SMILES string of the molecule is CCSCC(C)NC1=NC(C(C)C)CCS1. The van der Waals surface area contributed by atoms with Crippen molar-refractivity contribution < 1.29 is 0 Å². The largest absolute Gasteiger partial charge is 0.362 e. The lowest BCUT2D eigenvalue weighted by Crippen LogP contribution is -2.36. The van der Waals surface area contributed by atoms with Crippen LogP contribution < -0.4 is 5.32 Å². The normalized spacial score (nSPS) is 23.1. The second-order valence-corrected chi connectivity index (χ2v) is 6.99. The Morgan fingerprint density at radius 2 is 2.25 bits per heavy atom. The smallest absolute Gasteiger partial charge is 0.157 e. The first-order valence-corrected chi connectivity index (χ1v) is 8.32. The van der Waals surface area contributed by atoms with E-state index in [2.05, 4.69) is 33.0 Å². The van der Waals surface area contributed by atoms with Crippen molar-refractivity contribution in [2.45, 2.75) is 46.2 Å². The van der Waals surface area contributed by atoms with E-state index in [1.165, 1.54) is 23.7 Å². The van der Waals surface area contributed by atoms with Crippen molar-refractivity contribution in [3.8, 4) is 0 Å². The average molecular weight is 260 g/mol. The minimum Gasteiger partial charge on any atom is -0.362 e. The molecule has 16 heavy (non-hydrogen) atoms. The van der Waals surface area contributed by atoms with Gasteiger partial charge in [-0.2, -0.15) is 11.8 Å². The van der Waals surface area contributed by atoms with Crippen LogP contribution >= 0.6 is 23.5 Å². The molecule has 2 unspecified atom stereocenters. The summed E-state index contributed by atoms with van der Waals surface area (Å²) in [5, 5.41) is 4.69. The van der Waals surface area contributed by atoms with Crippen molar-refractivity contribution in [2.24, 2.45) is 10.9 Å². The second-order valence-electron chi connectivity index (χ2n) is 4.59. The second kappa shape index (κ2) is 7.49. The van der Waals surface area contributed by atoms with Gasteiger partial charge in [0.25, 0.3) is 0 Å². The first kappa shape index (κ1) is 14.2. The molecule has 1 aliphatic rings. The Balaban J connectivity index is 2.40. The standard InChI is InChI=1S/C12H24N2S2/c1-5-15-8-10(4)13-12-14-11(9(2)3)6-7-16-12/h9-11H,5-8H2,1-4H3,(H,13,14). The summed E-state index contributed by atoms with van der Waals surface area (Å²) in [4.78, 5) is 4.79. The third-order valence-corrected chi connectivity index (χ3v) is 4.73. The lowest BCUT2D eigenvalue weighted by Gasteiger charge is -2.25. The minimum atomic E-state index is 0.523. The summed E-state index contributed by atoms with van der Waals surface area (Å²) >= 11 is 3.86. The fourth-order valence-electron chi connectivity index (χ4n) is 1.64. The van der Waals surface area contributed by atoms with E-state index in [0.717, 1.165) is 5.17 Å². The Kier molecular flexibility index (Phi) is 6.66. The molecular weight excluding hydrogens is 236 g/mol. The lowest BCUT2D eigenvalue weighted by molar-refractivity contribution is 0.482. The van der Waals surface area contributed by atoms with E-state index < -0.39 is 0 Å². The van der Waals surface area contributed by atoms with E-state index in [1.54, 1.807) is 0 Å². The summed E-state index contributed by atoms with van der Waals surface area (Å²) < 4.78 is 0. The van der Waals surface area contributed by atoms with Crippen LogP contribution in [0.4, 0.5) is 0 Å². The van der Waals surface area contributed by atoms with Gasteiger partial charge in [-0.25, -0.2) is 0 Å². The summed E-state index contributed by atoms with van der Waals surface area (Å²) in [6.07, 6.45) is 1.23. The quantitative estimate of drug-likeness (QED) is 0.821. The summed E-state index contributed by atoms with van der Waals surface area (Å²) in [6.45, 7) is 8.97.